The van der Waals surface area contributed by atoms with Gasteiger partial charge in [-0.1, -0.05) is 17.7 Å². The molecule has 0 atom stereocenters. The molecule has 0 radical (unpaired) electrons. The molecule has 4 rings (SSSR count). The van der Waals surface area contributed by atoms with Gasteiger partial charge in [-0.15, -0.1) is 0 Å². The van der Waals surface area contributed by atoms with Gasteiger partial charge in [0.05, 0.1) is 12.1 Å². The lowest BCUT2D eigenvalue weighted by molar-refractivity contribution is -0.119. The normalized spacial score (nSPS) is 14.4. The van der Waals surface area contributed by atoms with Crippen LogP contribution < -0.4 is 0 Å². The second-order valence-electron chi connectivity index (χ2n) is 5.50. The number of hydrogen-bond acceptors (Lipinski definition) is 4. The average Bonchev–Trinajstić information content (AvgIpc) is 3.28. The molecule has 1 saturated carbocycles. The first-order valence-electron chi connectivity index (χ1n) is 7.20. The molecule has 0 spiro atoms. The minimum atomic E-state index is 0.228. The Kier molecular flexibility index (Phi) is 3.15. The molecule has 5 nitrogen and oxygen atoms in total. The molecule has 0 unspecified atom stereocenters. The number of hydrogen-bond donors (Lipinski definition) is 0. The van der Waals surface area contributed by atoms with Crippen LogP contribution in [-0.2, 0) is 11.2 Å². The van der Waals surface area contributed by atoms with Crippen molar-refractivity contribution in [2.75, 3.05) is 0 Å². The molecule has 0 N–H and O–H groups in total. The first-order valence-corrected chi connectivity index (χ1v) is 7.58. The van der Waals surface area contributed by atoms with Crippen molar-refractivity contribution >= 4 is 23.0 Å². The van der Waals surface area contributed by atoms with Crippen molar-refractivity contribution in [3.8, 4) is 11.3 Å². The van der Waals surface area contributed by atoms with E-state index in [0.29, 0.717) is 17.4 Å². The van der Waals surface area contributed by atoms with E-state index in [1.165, 1.54) is 0 Å². The van der Waals surface area contributed by atoms with Gasteiger partial charge in [-0.05, 0) is 37.1 Å². The number of carbonyl (C=O) groups is 1. The molecule has 6 heteroatoms. The lowest BCUT2D eigenvalue weighted by Crippen LogP contribution is -2.06. The van der Waals surface area contributed by atoms with E-state index in [4.69, 9.17) is 11.6 Å². The standard InChI is InChI=1S/C16H13ClN4O/c17-14-7-6-11(9-18-14)12-2-1-3-16-19-15(20-21(12)16)8-13(22)10-4-5-10/h1-3,6-7,9-10H,4-5,8H2. The molecular weight excluding hydrogens is 300 g/mol. The molecule has 0 aliphatic heterocycles. The van der Waals surface area contributed by atoms with Gasteiger partial charge in [0.1, 0.15) is 10.9 Å². The Balaban J connectivity index is 1.74. The van der Waals surface area contributed by atoms with Crippen molar-refractivity contribution in [2.24, 2.45) is 5.92 Å². The summed E-state index contributed by atoms with van der Waals surface area (Å²) in [5, 5.41) is 4.93. The highest BCUT2D eigenvalue weighted by molar-refractivity contribution is 6.29. The molecule has 1 aliphatic rings. The van der Waals surface area contributed by atoms with Crippen LogP contribution in [0.5, 0.6) is 0 Å². The topological polar surface area (TPSA) is 60.2 Å². The third-order valence-electron chi connectivity index (χ3n) is 3.79. The highest BCUT2D eigenvalue weighted by Gasteiger charge is 2.30. The summed E-state index contributed by atoms with van der Waals surface area (Å²) in [7, 11) is 0. The highest BCUT2D eigenvalue weighted by atomic mass is 35.5. The first-order chi connectivity index (χ1) is 10.7. The first kappa shape index (κ1) is 13.4. The van der Waals surface area contributed by atoms with E-state index in [2.05, 4.69) is 15.1 Å². The molecule has 110 valence electrons. The number of nitrogens with zero attached hydrogens (tertiary/aromatic N) is 4. The van der Waals surface area contributed by atoms with Crippen LogP contribution in [-0.4, -0.2) is 25.4 Å². The summed E-state index contributed by atoms with van der Waals surface area (Å²) in [6.07, 6.45) is 4.03. The fraction of sp³-hybridized carbons (Fsp3) is 0.250. The van der Waals surface area contributed by atoms with Gasteiger partial charge in [-0.25, -0.2) is 14.5 Å². The van der Waals surface area contributed by atoms with Crippen LogP contribution in [0.15, 0.2) is 36.5 Å². The second-order valence-corrected chi connectivity index (χ2v) is 5.88. The second kappa shape index (κ2) is 5.18. The summed E-state index contributed by atoms with van der Waals surface area (Å²) in [6, 6.07) is 9.37. The lowest BCUT2D eigenvalue weighted by Gasteiger charge is -2.03. The Hall–Kier alpha value is -2.27. The lowest BCUT2D eigenvalue weighted by atomic mass is 10.2. The van der Waals surface area contributed by atoms with Gasteiger partial charge in [0.25, 0.3) is 0 Å². The molecule has 3 heterocycles. The van der Waals surface area contributed by atoms with Crippen LogP contribution in [0.4, 0.5) is 0 Å². The van der Waals surface area contributed by atoms with Crippen molar-refractivity contribution in [1.82, 2.24) is 19.6 Å². The molecule has 1 aliphatic carbocycles. The van der Waals surface area contributed by atoms with Gasteiger partial charge in [0.15, 0.2) is 11.5 Å². The minimum absolute atomic E-state index is 0.228. The number of ketones is 1. The number of aromatic nitrogens is 4. The zero-order chi connectivity index (χ0) is 15.1. The monoisotopic (exact) mass is 312 g/mol. The Morgan fingerprint density at radius 1 is 1.27 bits per heavy atom. The maximum Gasteiger partial charge on any atom is 0.159 e. The zero-order valence-electron chi connectivity index (χ0n) is 11.7. The van der Waals surface area contributed by atoms with Crippen LogP contribution >= 0.6 is 11.6 Å². The average molecular weight is 313 g/mol. The smallest absolute Gasteiger partial charge is 0.159 e. The maximum atomic E-state index is 11.9. The predicted molar refractivity (Wildman–Crippen MR) is 82.7 cm³/mol. The summed E-state index contributed by atoms with van der Waals surface area (Å²) in [5.74, 6) is 1.04. The third-order valence-corrected chi connectivity index (χ3v) is 4.02. The summed E-state index contributed by atoms with van der Waals surface area (Å²) in [4.78, 5) is 20.5. The largest absolute Gasteiger partial charge is 0.299 e. The summed E-state index contributed by atoms with van der Waals surface area (Å²) >= 11 is 5.83. The number of Topliss-reactive ketones (excluding diaryl/α,β-unsaturated/α-hetero) is 1. The van der Waals surface area contributed by atoms with E-state index in [-0.39, 0.29) is 11.7 Å². The van der Waals surface area contributed by atoms with Gasteiger partial charge >= 0.3 is 0 Å². The molecule has 1 fully saturated rings. The van der Waals surface area contributed by atoms with E-state index < -0.39 is 0 Å². The highest BCUT2D eigenvalue weighted by Crippen LogP contribution is 2.30. The van der Waals surface area contributed by atoms with Crippen LogP contribution in [0, 0.1) is 5.92 Å². The van der Waals surface area contributed by atoms with Crippen molar-refractivity contribution < 1.29 is 4.79 Å². The molecule has 0 saturated heterocycles. The van der Waals surface area contributed by atoms with Gasteiger partial charge in [0, 0.05) is 17.7 Å². The van der Waals surface area contributed by atoms with Crippen LogP contribution in [0.1, 0.15) is 18.7 Å². The minimum Gasteiger partial charge on any atom is -0.299 e. The van der Waals surface area contributed by atoms with E-state index in [1.54, 1.807) is 16.8 Å². The maximum absolute atomic E-state index is 11.9. The van der Waals surface area contributed by atoms with E-state index >= 15 is 0 Å². The fourth-order valence-electron chi connectivity index (χ4n) is 2.48. The van der Waals surface area contributed by atoms with Gasteiger partial charge < -0.3 is 0 Å². The van der Waals surface area contributed by atoms with Crippen molar-refractivity contribution in [3.63, 3.8) is 0 Å². The van der Waals surface area contributed by atoms with Crippen LogP contribution in [0.2, 0.25) is 5.15 Å². The van der Waals surface area contributed by atoms with Gasteiger partial charge in [0.2, 0.25) is 0 Å². The van der Waals surface area contributed by atoms with Crippen molar-refractivity contribution in [3.05, 3.63) is 47.5 Å². The summed E-state index contributed by atoms with van der Waals surface area (Å²) in [6.45, 7) is 0. The fourth-order valence-corrected chi connectivity index (χ4v) is 2.59. The van der Waals surface area contributed by atoms with E-state index in [9.17, 15) is 4.79 Å². The Morgan fingerprint density at radius 2 is 2.14 bits per heavy atom. The van der Waals surface area contributed by atoms with Crippen LogP contribution in [0.3, 0.4) is 0 Å². The number of carbonyl (C=O) groups excluding carboxylic acids is 1. The predicted octanol–water partition coefficient (Wildman–Crippen LogP) is 2.97. The molecule has 0 bridgehead atoms. The number of halogens is 1. The Morgan fingerprint density at radius 3 is 2.86 bits per heavy atom. The number of rotatable bonds is 4. The quantitative estimate of drug-likeness (QED) is 0.695. The summed E-state index contributed by atoms with van der Waals surface area (Å²) < 4.78 is 1.75. The zero-order valence-corrected chi connectivity index (χ0v) is 12.5. The molecule has 3 aromatic heterocycles. The molecule has 0 aromatic carbocycles. The molecule has 22 heavy (non-hydrogen) atoms. The van der Waals surface area contributed by atoms with E-state index in [0.717, 1.165) is 29.7 Å². The summed E-state index contributed by atoms with van der Waals surface area (Å²) in [5.41, 5.74) is 2.50. The van der Waals surface area contributed by atoms with Crippen molar-refractivity contribution in [2.45, 2.75) is 19.3 Å². The SMILES string of the molecule is O=C(Cc1nc2cccc(-c3ccc(Cl)nc3)n2n1)C1CC1. The molecular formula is C16H13ClN4O. The Bertz CT molecular complexity index is 852. The third kappa shape index (κ3) is 2.48. The molecule has 0 amide bonds. The van der Waals surface area contributed by atoms with Gasteiger partial charge in [-0.3, -0.25) is 4.79 Å². The number of pyridine rings is 2. The number of fused-ring (bicyclic) bond motifs is 1. The van der Waals surface area contributed by atoms with Crippen LogP contribution in [0.25, 0.3) is 16.9 Å². The van der Waals surface area contributed by atoms with E-state index in [1.807, 2.05) is 24.3 Å². The van der Waals surface area contributed by atoms with Crippen molar-refractivity contribution in [1.29, 1.82) is 0 Å². The van der Waals surface area contributed by atoms with Gasteiger partial charge in [-0.2, -0.15) is 5.10 Å². The molecule has 3 aromatic rings. The Labute approximate surface area is 132 Å².